The maximum atomic E-state index is 12.5. The summed E-state index contributed by atoms with van der Waals surface area (Å²) in [6.45, 7) is 8.25. The summed E-state index contributed by atoms with van der Waals surface area (Å²) < 4.78 is 5.15. The second-order valence-electron chi connectivity index (χ2n) is 5.79. The Labute approximate surface area is 136 Å². The number of rotatable bonds is 5. The van der Waals surface area contributed by atoms with E-state index in [1.165, 1.54) is 0 Å². The van der Waals surface area contributed by atoms with Gasteiger partial charge in [0.05, 0.1) is 16.6 Å². The van der Waals surface area contributed by atoms with Gasteiger partial charge in [-0.2, -0.15) is 0 Å². The highest BCUT2D eigenvalue weighted by Gasteiger charge is 2.20. The number of amides is 1. The van der Waals surface area contributed by atoms with Gasteiger partial charge in [-0.1, -0.05) is 19.0 Å². The summed E-state index contributed by atoms with van der Waals surface area (Å²) in [4.78, 5) is 16.8. The number of hydrogen-bond donors (Lipinski definition) is 2. The van der Waals surface area contributed by atoms with Crippen LogP contribution in [0.4, 0.5) is 0 Å². The van der Waals surface area contributed by atoms with Crippen LogP contribution in [0.25, 0.3) is 11.1 Å². The van der Waals surface area contributed by atoms with E-state index in [4.69, 9.17) is 10.3 Å². The monoisotopic (exact) mass is 326 g/mol. The Kier molecular flexibility index (Phi) is 6.32. The molecule has 122 valence electrons. The number of carbonyl (C=O) groups excluding carboxylic acids is 1. The van der Waals surface area contributed by atoms with Gasteiger partial charge in [0.2, 0.25) is 0 Å². The largest absolute Gasteiger partial charge is 0.348 e. The summed E-state index contributed by atoms with van der Waals surface area (Å²) in [7, 11) is 0. The topological polar surface area (TPSA) is 94.0 Å². The zero-order valence-corrected chi connectivity index (χ0v) is 14.2. The molecule has 2 aromatic heterocycles. The Morgan fingerprint density at radius 3 is 2.68 bits per heavy atom. The van der Waals surface area contributed by atoms with Gasteiger partial charge in [-0.3, -0.25) is 4.79 Å². The van der Waals surface area contributed by atoms with Crippen LogP contribution in [0.3, 0.4) is 0 Å². The molecule has 6 nitrogen and oxygen atoms in total. The number of nitrogens with one attached hydrogen (secondary N) is 1. The average Bonchev–Trinajstić information content (AvgIpc) is 2.77. The third kappa shape index (κ3) is 3.96. The van der Waals surface area contributed by atoms with Gasteiger partial charge in [0.15, 0.2) is 0 Å². The standard InChI is InChI=1S/C15H22N4O2.ClH/c1-8(2)5-11(7-16)18-14(20)12-6-9(3)17-15-13(12)10(4)19-21-15;/h6,8,11H,5,7,16H2,1-4H3,(H,18,20);1H. The fraction of sp³-hybridized carbons (Fsp3) is 0.533. The Bertz CT molecular complexity index is 654. The summed E-state index contributed by atoms with van der Waals surface area (Å²) in [6.07, 6.45) is 0.845. The van der Waals surface area contributed by atoms with Crippen LogP contribution in [0, 0.1) is 19.8 Å². The Morgan fingerprint density at radius 1 is 1.41 bits per heavy atom. The van der Waals surface area contributed by atoms with E-state index in [0.29, 0.717) is 34.8 Å². The fourth-order valence-electron chi connectivity index (χ4n) is 2.44. The first-order valence-electron chi connectivity index (χ1n) is 7.17. The zero-order valence-electron chi connectivity index (χ0n) is 13.3. The number of nitrogens with zero attached hydrogens (tertiary/aromatic N) is 2. The van der Waals surface area contributed by atoms with E-state index in [1.807, 2.05) is 6.92 Å². The SMILES string of the molecule is Cc1cc(C(=O)NC(CN)CC(C)C)c2c(C)noc2n1.Cl. The molecule has 1 unspecified atom stereocenters. The zero-order chi connectivity index (χ0) is 15.6. The number of carbonyl (C=O) groups is 1. The number of nitrogens with two attached hydrogens (primary N) is 1. The summed E-state index contributed by atoms with van der Waals surface area (Å²) in [5.41, 5.74) is 8.06. The molecule has 0 aliphatic rings. The van der Waals surface area contributed by atoms with Crippen molar-refractivity contribution in [1.29, 1.82) is 0 Å². The first-order valence-corrected chi connectivity index (χ1v) is 7.17. The molecular weight excluding hydrogens is 304 g/mol. The van der Waals surface area contributed by atoms with Crippen LogP contribution < -0.4 is 11.1 Å². The summed E-state index contributed by atoms with van der Waals surface area (Å²) in [5, 5.41) is 7.54. The van der Waals surface area contributed by atoms with E-state index in [1.54, 1.807) is 13.0 Å². The van der Waals surface area contributed by atoms with Crippen LogP contribution in [0.5, 0.6) is 0 Å². The van der Waals surface area contributed by atoms with Crippen LogP contribution in [-0.2, 0) is 0 Å². The van der Waals surface area contributed by atoms with Crippen molar-refractivity contribution in [3.05, 3.63) is 23.0 Å². The number of fused-ring (bicyclic) bond motifs is 1. The van der Waals surface area contributed by atoms with E-state index in [0.717, 1.165) is 12.1 Å². The highest BCUT2D eigenvalue weighted by Crippen LogP contribution is 2.22. The summed E-state index contributed by atoms with van der Waals surface area (Å²) >= 11 is 0. The van der Waals surface area contributed by atoms with Gasteiger partial charge in [0.1, 0.15) is 0 Å². The first-order chi connectivity index (χ1) is 9.92. The maximum Gasteiger partial charge on any atom is 0.258 e. The molecule has 1 atom stereocenters. The van der Waals surface area contributed by atoms with Gasteiger partial charge in [0, 0.05) is 18.3 Å². The lowest BCUT2D eigenvalue weighted by Gasteiger charge is -2.19. The van der Waals surface area contributed by atoms with Crippen molar-refractivity contribution in [3.8, 4) is 0 Å². The predicted molar refractivity (Wildman–Crippen MR) is 88.3 cm³/mol. The lowest BCUT2D eigenvalue weighted by molar-refractivity contribution is 0.0935. The molecule has 0 bridgehead atoms. The number of halogens is 1. The number of hydrogen-bond acceptors (Lipinski definition) is 5. The van der Waals surface area contributed by atoms with Gasteiger partial charge in [-0.15, -0.1) is 12.4 Å². The quantitative estimate of drug-likeness (QED) is 0.879. The van der Waals surface area contributed by atoms with Gasteiger partial charge in [-0.25, -0.2) is 4.98 Å². The third-order valence-electron chi connectivity index (χ3n) is 3.37. The molecule has 2 aromatic rings. The molecular formula is C15H23ClN4O2. The molecule has 0 radical (unpaired) electrons. The lowest BCUT2D eigenvalue weighted by atomic mass is 10.0. The van der Waals surface area contributed by atoms with E-state index >= 15 is 0 Å². The van der Waals surface area contributed by atoms with Crippen molar-refractivity contribution in [2.24, 2.45) is 11.7 Å². The molecule has 2 heterocycles. The number of aryl methyl sites for hydroxylation is 2. The van der Waals surface area contributed by atoms with Crippen molar-refractivity contribution in [2.45, 2.75) is 40.2 Å². The lowest BCUT2D eigenvalue weighted by Crippen LogP contribution is -2.41. The Morgan fingerprint density at radius 2 is 2.09 bits per heavy atom. The van der Waals surface area contributed by atoms with Gasteiger partial charge in [0.25, 0.3) is 11.6 Å². The highest BCUT2D eigenvalue weighted by molar-refractivity contribution is 6.06. The maximum absolute atomic E-state index is 12.5. The second kappa shape index (κ2) is 7.56. The molecule has 3 N–H and O–H groups in total. The minimum atomic E-state index is -0.159. The van der Waals surface area contributed by atoms with Gasteiger partial charge in [-0.05, 0) is 32.3 Å². The van der Waals surface area contributed by atoms with Crippen LogP contribution >= 0.6 is 12.4 Å². The van der Waals surface area contributed by atoms with Crippen LogP contribution in [-0.4, -0.2) is 28.6 Å². The molecule has 22 heavy (non-hydrogen) atoms. The van der Waals surface area contributed by atoms with Crippen molar-refractivity contribution in [2.75, 3.05) is 6.54 Å². The van der Waals surface area contributed by atoms with E-state index < -0.39 is 0 Å². The molecule has 0 saturated heterocycles. The number of pyridine rings is 1. The molecule has 7 heteroatoms. The molecule has 0 aromatic carbocycles. The third-order valence-corrected chi connectivity index (χ3v) is 3.37. The Balaban J connectivity index is 0.00000242. The molecule has 2 rings (SSSR count). The molecule has 0 fully saturated rings. The molecule has 0 aliphatic carbocycles. The molecule has 0 saturated carbocycles. The highest BCUT2D eigenvalue weighted by atomic mass is 35.5. The van der Waals surface area contributed by atoms with Gasteiger partial charge < -0.3 is 15.6 Å². The van der Waals surface area contributed by atoms with Crippen molar-refractivity contribution in [3.63, 3.8) is 0 Å². The average molecular weight is 327 g/mol. The fourth-order valence-corrected chi connectivity index (χ4v) is 2.44. The van der Waals surface area contributed by atoms with Crippen molar-refractivity contribution >= 4 is 29.4 Å². The normalized spacial score (nSPS) is 12.3. The van der Waals surface area contributed by atoms with Crippen LogP contribution in [0.1, 0.15) is 42.0 Å². The van der Waals surface area contributed by atoms with Crippen molar-refractivity contribution in [1.82, 2.24) is 15.5 Å². The predicted octanol–water partition coefficient (Wildman–Crippen LogP) is 2.36. The van der Waals surface area contributed by atoms with Crippen LogP contribution in [0.15, 0.2) is 10.6 Å². The van der Waals surface area contributed by atoms with E-state index in [9.17, 15) is 4.79 Å². The van der Waals surface area contributed by atoms with Crippen LogP contribution in [0.2, 0.25) is 0 Å². The molecule has 0 aliphatic heterocycles. The minimum absolute atomic E-state index is 0. The van der Waals surface area contributed by atoms with E-state index in [-0.39, 0.29) is 24.4 Å². The Hall–Kier alpha value is -1.66. The number of aromatic nitrogens is 2. The summed E-state index contributed by atoms with van der Waals surface area (Å²) in [6, 6.07) is 1.71. The second-order valence-corrected chi connectivity index (χ2v) is 5.79. The minimum Gasteiger partial charge on any atom is -0.348 e. The van der Waals surface area contributed by atoms with Crippen molar-refractivity contribution < 1.29 is 9.32 Å². The summed E-state index contributed by atoms with van der Waals surface area (Å²) in [5.74, 6) is 0.309. The first kappa shape index (κ1) is 18.4. The smallest absolute Gasteiger partial charge is 0.258 e. The molecule has 1 amide bonds. The molecule has 0 spiro atoms. The van der Waals surface area contributed by atoms with Gasteiger partial charge >= 0.3 is 0 Å². The van der Waals surface area contributed by atoms with E-state index in [2.05, 4.69) is 29.3 Å².